The molecule has 236 valence electrons. The molecule has 0 unspecified atom stereocenters. The Labute approximate surface area is 256 Å². The summed E-state index contributed by atoms with van der Waals surface area (Å²) in [6.07, 6.45) is -1.83. The van der Waals surface area contributed by atoms with E-state index in [-0.39, 0.29) is 24.7 Å². The summed E-state index contributed by atoms with van der Waals surface area (Å²) in [5.74, 6) is -0.293. The predicted molar refractivity (Wildman–Crippen MR) is 162 cm³/mol. The number of anilines is 1. The number of morpholine rings is 1. The molecule has 3 atom stereocenters. The number of alkyl halides is 3. The van der Waals surface area contributed by atoms with Crippen molar-refractivity contribution in [2.45, 2.75) is 78.1 Å². The lowest BCUT2D eigenvalue weighted by Crippen LogP contribution is -2.45. The van der Waals surface area contributed by atoms with Crippen molar-refractivity contribution in [1.82, 2.24) is 15.6 Å². The molecule has 0 aliphatic carbocycles. The molecule has 0 saturated carbocycles. The average Bonchev–Trinajstić information content (AvgIpc) is 2.94. The van der Waals surface area contributed by atoms with Gasteiger partial charge in [0.25, 0.3) is 5.91 Å². The Balaban J connectivity index is 1.49. The topological polar surface area (TPSA) is 92.8 Å². The Morgan fingerprint density at radius 1 is 1.02 bits per heavy atom. The number of nitrogens with one attached hydrogen (secondary N) is 2. The van der Waals surface area contributed by atoms with E-state index in [1.165, 1.54) is 12.3 Å². The van der Waals surface area contributed by atoms with E-state index in [1.807, 2.05) is 26.8 Å². The number of benzene rings is 2. The number of aromatic nitrogens is 1. The van der Waals surface area contributed by atoms with Gasteiger partial charge in [0.2, 0.25) is 0 Å². The SMILES string of the molecule is C[C@H]1CN(c2cncc(C(=O)N[C@H](C)c3ccc(-c4cc(C(F)(F)F)ccc4CNC(=O)OC(C)(C)C)cc3)c2)C[C@H](C)O1. The third kappa shape index (κ3) is 8.72. The number of hydrogen-bond acceptors (Lipinski definition) is 6. The summed E-state index contributed by atoms with van der Waals surface area (Å²) in [5, 5.41) is 5.59. The number of ether oxygens (including phenoxy) is 2. The second-order valence-electron chi connectivity index (χ2n) is 12.1. The summed E-state index contributed by atoms with van der Waals surface area (Å²) >= 11 is 0. The standard InChI is InChI=1S/C33H39F3N4O4/c1-20-18-40(19-21(2)43-20)28-13-26(15-37-17-28)30(41)39-22(3)23-7-9-24(10-8-23)29-14-27(33(34,35)36)12-11-25(29)16-38-31(42)44-32(4,5)6/h7-15,17,20-22H,16,18-19H2,1-6H3,(H,38,42)(H,39,41)/t20-,21-,22+/m0/s1. The molecule has 2 aromatic carbocycles. The van der Waals surface area contributed by atoms with Gasteiger partial charge in [-0.15, -0.1) is 0 Å². The molecule has 8 nitrogen and oxygen atoms in total. The van der Waals surface area contributed by atoms with Crippen LogP contribution in [0.2, 0.25) is 0 Å². The van der Waals surface area contributed by atoms with E-state index in [0.717, 1.165) is 23.4 Å². The molecule has 1 fully saturated rings. The number of carbonyl (C=O) groups excluding carboxylic acids is 2. The molecule has 2 heterocycles. The molecule has 0 radical (unpaired) electrons. The first kappa shape index (κ1) is 32.8. The zero-order valence-corrected chi connectivity index (χ0v) is 25.8. The van der Waals surface area contributed by atoms with Crippen LogP contribution in [-0.4, -0.2) is 47.9 Å². The molecule has 1 saturated heterocycles. The van der Waals surface area contributed by atoms with E-state index < -0.39 is 29.5 Å². The van der Waals surface area contributed by atoms with E-state index in [9.17, 15) is 22.8 Å². The van der Waals surface area contributed by atoms with Gasteiger partial charge in [0.05, 0.1) is 41.3 Å². The van der Waals surface area contributed by atoms with Crippen molar-refractivity contribution in [3.63, 3.8) is 0 Å². The lowest BCUT2D eigenvalue weighted by atomic mass is 9.95. The zero-order valence-electron chi connectivity index (χ0n) is 25.8. The highest BCUT2D eigenvalue weighted by Gasteiger charge is 2.31. The van der Waals surface area contributed by atoms with E-state index in [1.54, 1.807) is 51.2 Å². The third-order valence-corrected chi connectivity index (χ3v) is 7.10. The first-order chi connectivity index (χ1) is 20.6. The van der Waals surface area contributed by atoms with Gasteiger partial charge < -0.3 is 25.0 Å². The van der Waals surface area contributed by atoms with Crippen LogP contribution in [-0.2, 0) is 22.2 Å². The van der Waals surface area contributed by atoms with Gasteiger partial charge in [0, 0.05) is 25.8 Å². The molecule has 2 amide bonds. The number of alkyl carbamates (subject to hydrolysis) is 1. The lowest BCUT2D eigenvalue weighted by molar-refractivity contribution is -0.137. The smallest absolute Gasteiger partial charge is 0.416 e. The molecular weight excluding hydrogens is 573 g/mol. The molecule has 44 heavy (non-hydrogen) atoms. The fourth-order valence-electron chi connectivity index (χ4n) is 5.09. The molecule has 1 aliphatic rings. The molecule has 1 aromatic heterocycles. The monoisotopic (exact) mass is 612 g/mol. The van der Waals surface area contributed by atoms with Crippen LogP contribution >= 0.6 is 0 Å². The Morgan fingerprint density at radius 2 is 1.68 bits per heavy atom. The van der Waals surface area contributed by atoms with Crippen molar-refractivity contribution in [1.29, 1.82) is 0 Å². The van der Waals surface area contributed by atoms with Crippen LogP contribution in [0.25, 0.3) is 11.1 Å². The van der Waals surface area contributed by atoms with E-state index >= 15 is 0 Å². The first-order valence-corrected chi connectivity index (χ1v) is 14.5. The number of hydrogen-bond donors (Lipinski definition) is 2. The van der Waals surface area contributed by atoms with Crippen molar-refractivity contribution in [3.8, 4) is 11.1 Å². The Kier molecular flexibility index (Phi) is 9.88. The van der Waals surface area contributed by atoms with Crippen molar-refractivity contribution in [2.75, 3.05) is 18.0 Å². The molecule has 0 spiro atoms. The van der Waals surface area contributed by atoms with Crippen molar-refractivity contribution in [2.24, 2.45) is 0 Å². The highest BCUT2D eigenvalue weighted by molar-refractivity contribution is 5.95. The highest BCUT2D eigenvalue weighted by atomic mass is 19.4. The van der Waals surface area contributed by atoms with Crippen LogP contribution in [0.3, 0.4) is 0 Å². The molecule has 3 aromatic rings. The minimum atomic E-state index is -4.53. The molecule has 2 N–H and O–H groups in total. The fourth-order valence-corrected chi connectivity index (χ4v) is 5.09. The molecule has 4 rings (SSSR count). The van der Waals surface area contributed by atoms with Crippen LogP contribution in [0.1, 0.15) is 74.6 Å². The molecular formula is C33H39F3N4O4. The van der Waals surface area contributed by atoms with Gasteiger partial charge in [-0.1, -0.05) is 30.3 Å². The van der Waals surface area contributed by atoms with Gasteiger partial charge in [0.1, 0.15) is 5.60 Å². The normalized spacial score (nSPS) is 18.0. The average molecular weight is 613 g/mol. The van der Waals surface area contributed by atoms with Gasteiger partial charge >= 0.3 is 12.3 Å². The fraction of sp³-hybridized carbons (Fsp3) is 0.424. The summed E-state index contributed by atoms with van der Waals surface area (Å²) in [5.41, 5.74) is 1.87. The van der Waals surface area contributed by atoms with Crippen LogP contribution in [0.15, 0.2) is 60.9 Å². The molecule has 1 aliphatic heterocycles. The maximum absolute atomic E-state index is 13.6. The maximum Gasteiger partial charge on any atom is 0.416 e. The van der Waals surface area contributed by atoms with Gasteiger partial charge in [-0.3, -0.25) is 9.78 Å². The number of pyridine rings is 1. The zero-order chi connectivity index (χ0) is 32.2. The third-order valence-electron chi connectivity index (χ3n) is 7.10. The number of halogens is 3. The summed E-state index contributed by atoms with van der Waals surface area (Å²) in [7, 11) is 0. The summed E-state index contributed by atoms with van der Waals surface area (Å²) < 4.78 is 51.8. The van der Waals surface area contributed by atoms with Crippen molar-refractivity contribution < 1.29 is 32.2 Å². The second-order valence-corrected chi connectivity index (χ2v) is 12.1. The minimum Gasteiger partial charge on any atom is -0.444 e. The highest BCUT2D eigenvalue weighted by Crippen LogP contribution is 2.34. The summed E-state index contributed by atoms with van der Waals surface area (Å²) in [6, 6.07) is 11.8. The van der Waals surface area contributed by atoms with Gasteiger partial charge in [-0.05, 0) is 82.0 Å². The first-order valence-electron chi connectivity index (χ1n) is 14.5. The van der Waals surface area contributed by atoms with Gasteiger partial charge in [-0.2, -0.15) is 13.2 Å². The van der Waals surface area contributed by atoms with E-state index in [4.69, 9.17) is 9.47 Å². The number of amides is 2. The number of carbonyl (C=O) groups is 2. The van der Waals surface area contributed by atoms with Crippen LogP contribution in [0.4, 0.5) is 23.7 Å². The Bertz CT molecular complexity index is 1460. The Morgan fingerprint density at radius 3 is 2.30 bits per heavy atom. The quantitative estimate of drug-likeness (QED) is 0.302. The largest absolute Gasteiger partial charge is 0.444 e. The van der Waals surface area contributed by atoms with Crippen LogP contribution in [0, 0.1) is 0 Å². The van der Waals surface area contributed by atoms with Gasteiger partial charge in [-0.25, -0.2) is 4.79 Å². The maximum atomic E-state index is 13.6. The number of rotatable bonds is 7. The predicted octanol–water partition coefficient (Wildman–Crippen LogP) is 6.90. The number of nitrogens with zero attached hydrogens (tertiary/aromatic N) is 2. The second kappa shape index (κ2) is 13.3. The van der Waals surface area contributed by atoms with Crippen molar-refractivity contribution in [3.05, 3.63) is 83.2 Å². The van der Waals surface area contributed by atoms with E-state index in [0.29, 0.717) is 35.3 Å². The minimum absolute atomic E-state index is 0.0219. The Hall–Kier alpha value is -4.12. The van der Waals surface area contributed by atoms with Crippen LogP contribution < -0.4 is 15.5 Å². The lowest BCUT2D eigenvalue weighted by Gasteiger charge is -2.36. The van der Waals surface area contributed by atoms with Crippen molar-refractivity contribution >= 4 is 17.7 Å². The van der Waals surface area contributed by atoms with Gasteiger partial charge in [0.15, 0.2) is 0 Å². The summed E-state index contributed by atoms with van der Waals surface area (Å²) in [6.45, 7) is 12.4. The van der Waals surface area contributed by atoms with Crippen LogP contribution in [0.5, 0.6) is 0 Å². The summed E-state index contributed by atoms with van der Waals surface area (Å²) in [4.78, 5) is 31.7. The molecule has 0 bridgehead atoms. The van der Waals surface area contributed by atoms with E-state index in [2.05, 4.69) is 20.5 Å². The molecule has 11 heteroatoms.